The van der Waals surface area contributed by atoms with Gasteiger partial charge in [-0.25, -0.2) is 8.42 Å². The highest BCUT2D eigenvalue weighted by Crippen LogP contribution is 2.29. The molecule has 1 aliphatic rings. The average Bonchev–Trinajstić information content (AvgIpc) is 2.63. The SMILES string of the molecule is COc1ccc(Cl)cc1S(=O)(=O)Nc1ccc(N2CCC(C)CC2)cc1. The van der Waals surface area contributed by atoms with Gasteiger partial charge in [-0.2, -0.15) is 0 Å². The molecule has 5 nitrogen and oxygen atoms in total. The first-order chi connectivity index (χ1) is 12.4. The van der Waals surface area contributed by atoms with E-state index in [4.69, 9.17) is 16.3 Å². The monoisotopic (exact) mass is 394 g/mol. The Morgan fingerprint density at radius 2 is 1.77 bits per heavy atom. The molecule has 0 aromatic heterocycles. The van der Waals surface area contributed by atoms with Crippen LogP contribution >= 0.6 is 11.6 Å². The molecule has 0 radical (unpaired) electrons. The number of hydrogen-bond donors (Lipinski definition) is 1. The molecule has 140 valence electrons. The van der Waals surface area contributed by atoms with E-state index >= 15 is 0 Å². The van der Waals surface area contributed by atoms with Gasteiger partial charge in [0.25, 0.3) is 10.0 Å². The molecule has 1 heterocycles. The van der Waals surface area contributed by atoms with Gasteiger partial charge in [0.05, 0.1) is 7.11 Å². The zero-order chi connectivity index (χ0) is 18.7. The second-order valence-corrected chi connectivity index (χ2v) is 8.70. The van der Waals surface area contributed by atoms with Gasteiger partial charge >= 0.3 is 0 Å². The summed E-state index contributed by atoms with van der Waals surface area (Å²) in [4.78, 5) is 2.35. The number of nitrogens with zero attached hydrogens (tertiary/aromatic N) is 1. The van der Waals surface area contributed by atoms with Crippen molar-refractivity contribution in [1.82, 2.24) is 0 Å². The summed E-state index contributed by atoms with van der Waals surface area (Å²) in [5.74, 6) is 1.02. The first kappa shape index (κ1) is 18.9. The Bertz CT molecular complexity index is 861. The van der Waals surface area contributed by atoms with Gasteiger partial charge in [0.2, 0.25) is 0 Å². The van der Waals surface area contributed by atoms with Crippen LogP contribution in [0.4, 0.5) is 11.4 Å². The summed E-state index contributed by atoms with van der Waals surface area (Å²) in [6.07, 6.45) is 2.37. The number of ether oxygens (including phenoxy) is 1. The van der Waals surface area contributed by atoms with Crippen LogP contribution in [0.25, 0.3) is 0 Å². The summed E-state index contributed by atoms with van der Waals surface area (Å²) in [6, 6.07) is 12.0. The minimum Gasteiger partial charge on any atom is -0.495 e. The molecule has 0 atom stereocenters. The molecule has 0 unspecified atom stereocenters. The van der Waals surface area contributed by atoms with E-state index in [1.807, 2.05) is 12.1 Å². The molecule has 0 aliphatic carbocycles. The van der Waals surface area contributed by atoms with Gasteiger partial charge in [0.1, 0.15) is 10.6 Å². The van der Waals surface area contributed by atoms with Crippen molar-refractivity contribution in [3.8, 4) is 5.75 Å². The Balaban J connectivity index is 1.77. The van der Waals surface area contributed by atoms with E-state index in [0.29, 0.717) is 10.7 Å². The van der Waals surface area contributed by atoms with Gasteiger partial charge in [0, 0.05) is 29.5 Å². The Labute approximate surface area is 160 Å². The lowest BCUT2D eigenvalue weighted by Crippen LogP contribution is -2.32. The molecule has 0 spiro atoms. The summed E-state index contributed by atoms with van der Waals surface area (Å²) in [5.41, 5.74) is 1.61. The summed E-state index contributed by atoms with van der Waals surface area (Å²) in [7, 11) is -2.37. The molecule has 26 heavy (non-hydrogen) atoms. The highest BCUT2D eigenvalue weighted by molar-refractivity contribution is 7.92. The number of halogens is 1. The normalized spacial score (nSPS) is 15.7. The first-order valence-electron chi connectivity index (χ1n) is 8.60. The van der Waals surface area contributed by atoms with Gasteiger partial charge in [-0.3, -0.25) is 4.72 Å². The van der Waals surface area contributed by atoms with E-state index in [-0.39, 0.29) is 10.6 Å². The molecule has 7 heteroatoms. The van der Waals surface area contributed by atoms with Crippen molar-refractivity contribution in [2.45, 2.75) is 24.7 Å². The maximum atomic E-state index is 12.7. The topological polar surface area (TPSA) is 58.6 Å². The Hall–Kier alpha value is -1.92. The molecule has 1 saturated heterocycles. The number of sulfonamides is 1. The molecule has 1 fully saturated rings. The maximum Gasteiger partial charge on any atom is 0.265 e. The van der Waals surface area contributed by atoms with Crippen LogP contribution in [0.3, 0.4) is 0 Å². The number of nitrogens with one attached hydrogen (secondary N) is 1. The minimum atomic E-state index is -3.80. The van der Waals surface area contributed by atoms with Crippen molar-refractivity contribution >= 4 is 33.0 Å². The molecule has 1 N–H and O–H groups in total. The number of methoxy groups -OCH3 is 1. The van der Waals surface area contributed by atoms with Crippen molar-refractivity contribution in [2.24, 2.45) is 5.92 Å². The molecule has 2 aromatic carbocycles. The predicted octanol–water partition coefficient (Wildman–Crippen LogP) is 4.39. The van der Waals surface area contributed by atoms with Crippen molar-refractivity contribution in [3.63, 3.8) is 0 Å². The first-order valence-corrected chi connectivity index (χ1v) is 10.5. The number of anilines is 2. The predicted molar refractivity (Wildman–Crippen MR) is 106 cm³/mol. The smallest absolute Gasteiger partial charge is 0.265 e. The molecule has 0 saturated carbocycles. The van der Waals surface area contributed by atoms with E-state index in [0.717, 1.165) is 24.7 Å². The van der Waals surface area contributed by atoms with Crippen LogP contribution in [0.2, 0.25) is 5.02 Å². The van der Waals surface area contributed by atoms with Crippen LogP contribution in [0.1, 0.15) is 19.8 Å². The third kappa shape index (κ3) is 4.24. The van der Waals surface area contributed by atoms with Crippen LogP contribution in [0.5, 0.6) is 5.75 Å². The van der Waals surface area contributed by atoms with Gasteiger partial charge in [-0.05, 0) is 61.2 Å². The number of hydrogen-bond acceptors (Lipinski definition) is 4. The Morgan fingerprint density at radius 3 is 2.38 bits per heavy atom. The fourth-order valence-corrected chi connectivity index (χ4v) is 4.57. The third-order valence-electron chi connectivity index (χ3n) is 4.68. The number of piperidine rings is 1. The maximum absolute atomic E-state index is 12.7. The van der Waals surface area contributed by atoms with Gasteiger partial charge in [-0.15, -0.1) is 0 Å². The minimum absolute atomic E-state index is 0.0154. The molecule has 0 amide bonds. The van der Waals surface area contributed by atoms with E-state index < -0.39 is 10.0 Å². The van der Waals surface area contributed by atoms with E-state index in [1.54, 1.807) is 18.2 Å². The largest absolute Gasteiger partial charge is 0.495 e. The summed E-state index contributed by atoms with van der Waals surface area (Å²) in [6.45, 7) is 4.34. The molecular formula is C19H23ClN2O3S. The van der Waals surface area contributed by atoms with Crippen molar-refractivity contribution < 1.29 is 13.2 Å². The van der Waals surface area contributed by atoms with Gasteiger partial charge in [-0.1, -0.05) is 18.5 Å². The summed E-state index contributed by atoms with van der Waals surface area (Å²) < 4.78 is 33.1. The van der Waals surface area contributed by atoms with Gasteiger partial charge in [0.15, 0.2) is 0 Å². The van der Waals surface area contributed by atoms with Crippen molar-refractivity contribution in [1.29, 1.82) is 0 Å². The van der Waals surface area contributed by atoms with E-state index in [9.17, 15) is 8.42 Å². The molecule has 1 aliphatic heterocycles. The van der Waals surface area contributed by atoms with Crippen LogP contribution in [-0.4, -0.2) is 28.6 Å². The third-order valence-corrected chi connectivity index (χ3v) is 6.32. The molecular weight excluding hydrogens is 372 g/mol. The van der Waals surface area contributed by atoms with E-state index in [2.05, 4.69) is 16.5 Å². The zero-order valence-electron chi connectivity index (χ0n) is 14.9. The van der Waals surface area contributed by atoms with Crippen molar-refractivity contribution in [2.75, 3.05) is 29.8 Å². The van der Waals surface area contributed by atoms with Crippen LogP contribution < -0.4 is 14.4 Å². The fourth-order valence-electron chi connectivity index (χ4n) is 3.08. The summed E-state index contributed by atoms with van der Waals surface area (Å²) in [5, 5.41) is 0.334. The zero-order valence-corrected chi connectivity index (χ0v) is 16.5. The Morgan fingerprint density at radius 1 is 1.12 bits per heavy atom. The highest BCUT2D eigenvalue weighted by Gasteiger charge is 2.21. The highest BCUT2D eigenvalue weighted by atomic mass is 35.5. The number of rotatable bonds is 5. The van der Waals surface area contributed by atoms with Gasteiger partial charge < -0.3 is 9.64 Å². The summed E-state index contributed by atoms with van der Waals surface area (Å²) >= 11 is 5.95. The number of benzene rings is 2. The van der Waals surface area contributed by atoms with E-state index in [1.165, 1.54) is 32.1 Å². The van der Waals surface area contributed by atoms with Crippen molar-refractivity contribution in [3.05, 3.63) is 47.5 Å². The Kier molecular flexibility index (Phi) is 5.63. The second-order valence-electron chi connectivity index (χ2n) is 6.62. The van der Waals surface area contributed by atoms with Crippen LogP contribution in [-0.2, 0) is 10.0 Å². The lowest BCUT2D eigenvalue weighted by Gasteiger charge is -2.32. The quantitative estimate of drug-likeness (QED) is 0.817. The average molecular weight is 395 g/mol. The lowest BCUT2D eigenvalue weighted by atomic mass is 9.99. The lowest BCUT2D eigenvalue weighted by molar-refractivity contribution is 0.403. The molecule has 2 aromatic rings. The second kappa shape index (κ2) is 7.76. The fraction of sp³-hybridized carbons (Fsp3) is 0.368. The van der Waals surface area contributed by atoms with Crippen LogP contribution in [0, 0.1) is 5.92 Å². The van der Waals surface area contributed by atoms with Crippen LogP contribution in [0.15, 0.2) is 47.4 Å². The molecule has 0 bridgehead atoms. The standard InChI is InChI=1S/C19H23ClN2O3S/c1-14-9-11-22(12-10-14)17-6-4-16(5-7-17)21-26(23,24)19-13-15(20)3-8-18(19)25-2/h3-8,13-14,21H,9-12H2,1-2H3. The molecule has 3 rings (SSSR count).